The molecule has 2 heterocycles. The molecule has 0 aliphatic rings. The number of hydrogen-bond donors (Lipinski definition) is 0. The van der Waals surface area contributed by atoms with Gasteiger partial charge in [-0.15, -0.1) is 0 Å². The standard InChI is InChI=1S/C12H7Cl2N3S/c13-8-3-1-7(2-4-8)5-9-17-10-11(14)15-6-16-12(10)18-9/h1-4,6H,5H2. The molecule has 1 aromatic carbocycles. The highest BCUT2D eigenvalue weighted by Crippen LogP contribution is 2.26. The Balaban J connectivity index is 1.95. The summed E-state index contributed by atoms with van der Waals surface area (Å²) in [5.41, 5.74) is 1.83. The summed E-state index contributed by atoms with van der Waals surface area (Å²) in [6.45, 7) is 0. The molecule has 0 saturated heterocycles. The summed E-state index contributed by atoms with van der Waals surface area (Å²) in [5, 5.41) is 2.10. The van der Waals surface area contributed by atoms with Crippen molar-refractivity contribution >= 4 is 44.9 Å². The molecule has 0 amide bonds. The average molecular weight is 296 g/mol. The van der Waals surface area contributed by atoms with Crippen LogP contribution in [-0.2, 0) is 6.42 Å². The van der Waals surface area contributed by atoms with E-state index in [1.165, 1.54) is 17.7 Å². The SMILES string of the molecule is Clc1ccc(Cc2nc3c(Cl)ncnc3s2)cc1. The number of thiazole rings is 1. The molecule has 0 bridgehead atoms. The van der Waals surface area contributed by atoms with Crippen LogP contribution < -0.4 is 0 Å². The van der Waals surface area contributed by atoms with Crippen molar-refractivity contribution in [2.45, 2.75) is 6.42 Å². The fourth-order valence-corrected chi connectivity index (χ4v) is 2.92. The first-order chi connectivity index (χ1) is 8.72. The summed E-state index contributed by atoms with van der Waals surface area (Å²) in [5.74, 6) is 0. The molecule has 0 unspecified atom stereocenters. The summed E-state index contributed by atoms with van der Waals surface area (Å²) in [6, 6.07) is 7.72. The predicted molar refractivity (Wildman–Crippen MR) is 74.5 cm³/mol. The Kier molecular flexibility index (Phi) is 3.16. The zero-order chi connectivity index (χ0) is 12.5. The molecule has 3 aromatic rings. The van der Waals surface area contributed by atoms with Crippen LogP contribution in [0.2, 0.25) is 10.2 Å². The third kappa shape index (κ3) is 2.32. The van der Waals surface area contributed by atoms with Gasteiger partial charge in [0.1, 0.15) is 16.7 Å². The van der Waals surface area contributed by atoms with Crippen molar-refractivity contribution in [1.29, 1.82) is 0 Å². The highest BCUT2D eigenvalue weighted by molar-refractivity contribution is 7.18. The van der Waals surface area contributed by atoms with Gasteiger partial charge in [0.05, 0.1) is 5.01 Å². The third-order valence-electron chi connectivity index (χ3n) is 2.46. The van der Waals surface area contributed by atoms with E-state index in [0.717, 1.165) is 26.8 Å². The van der Waals surface area contributed by atoms with Crippen molar-refractivity contribution in [2.75, 3.05) is 0 Å². The molecular formula is C12H7Cl2N3S. The van der Waals surface area contributed by atoms with Crippen LogP contribution in [0.15, 0.2) is 30.6 Å². The number of nitrogens with zero attached hydrogens (tertiary/aromatic N) is 3. The maximum atomic E-state index is 5.97. The maximum Gasteiger partial charge on any atom is 0.159 e. The highest BCUT2D eigenvalue weighted by atomic mass is 35.5. The fourth-order valence-electron chi connectivity index (χ4n) is 1.62. The second kappa shape index (κ2) is 4.80. The van der Waals surface area contributed by atoms with Gasteiger partial charge >= 0.3 is 0 Å². The van der Waals surface area contributed by atoms with Gasteiger partial charge in [0, 0.05) is 11.4 Å². The van der Waals surface area contributed by atoms with Crippen molar-refractivity contribution in [2.24, 2.45) is 0 Å². The van der Waals surface area contributed by atoms with Gasteiger partial charge < -0.3 is 0 Å². The third-order valence-corrected chi connectivity index (χ3v) is 3.96. The Labute approximate surface area is 117 Å². The Hall–Kier alpha value is -1.23. The van der Waals surface area contributed by atoms with Crippen LogP contribution in [-0.4, -0.2) is 15.0 Å². The van der Waals surface area contributed by atoms with E-state index in [4.69, 9.17) is 23.2 Å². The summed E-state index contributed by atoms with van der Waals surface area (Å²) < 4.78 is 0. The normalized spacial score (nSPS) is 11.0. The number of aromatic nitrogens is 3. The lowest BCUT2D eigenvalue weighted by atomic mass is 10.2. The van der Waals surface area contributed by atoms with Gasteiger partial charge in [-0.3, -0.25) is 0 Å². The van der Waals surface area contributed by atoms with Crippen LogP contribution in [0, 0.1) is 0 Å². The molecule has 0 saturated carbocycles. The molecule has 0 fully saturated rings. The van der Waals surface area contributed by atoms with Gasteiger partial charge in [-0.05, 0) is 17.7 Å². The smallest absolute Gasteiger partial charge is 0.159 e. The molecule has 0 aliphatic heterocycles. The molecule has 90 valence electrons. The van der Waals surface area contributed by atoms with Crippen LogP contribution in [0.1, 0.15) is 10.6 Å². The van der Waals surface area contributed by atoms with E-state index in [0.29, 0.717) is 10.7 Å². The summed E-state index contributed by atoms with van der Waals surface area (Å²) in [7, 11) is 0. The molecule has 2 aromatic heterocycles. The van der Waals surface area contributed by atoms with E-state index in [2.05, 4.69) is 15.0 Å². The molecular weight excluding hydrogens is 289 g/mol. The van der Waals surface area contributed by atoms with E-state index < -0.39 is 0 Å². The summed E-state index contributed by atoms with van der Waals surface area (Å²) in [4.78, 5) is 13.4. The maximum absolute atomic E-state index is 5.97. The minimum atomic E-state index is 0.401. The van der Waals surface area contributed by atoms with Crippen molar-refractivity contribution in [3.8, 4) is 0 Å². The van der Waals surface area contributed by atoms with Gasteiger partial charge in [0.15, 0.2) is 5.15 Å². The quantitative estimate of drug-likeness (QED) is 0.671. The zero-order valence-corrected chi connectivity index (χ0v) is 11.4. The molecule has 0 atom stereocenters. The molecule has 18 heavy (non-hydrogen) atoms. The second-order valence-electron chi connectivity index (χ2n) is 3.73. The largest absolute Gasteiger partial charge is 0.236 e. The lowest BCUT2D eigenvalue weighted by Gasteiger charge is -1.97. The molecule has 0 spiro atoms. The van der Waals surface area contributed by atoms with Crippen LogP contribution in [0.5, 0.6) is 0 Å². The number of rotatable bonds is 2. The van der Waals surface area contributed by atoms with Crippen LogP contribution in [0.25, 0.3) is 10.3 Å². The van der Waals surface area contributed by atoms with E-state index in [1.54, 1.807) is 0 Å². The molecule has 6 heteroatoms. The molecule has 0 aliphatic carbocycles. The van der Waals surface area contributed by atoms with Crippen molar-refractivity contribution in [3.63, 3.8) is 0 Å². The molecule has 0 N–H and O–H groups in total. The van der Waals surface area contributed by atoms with Crippen LogP contribution >= 0.6 is 34.5 Å². The molecule has 3 rings (SSSR count). The topological polar surface area (TPSA) is 38.7 Å². The van der Waals surface area contributed by atoms with Crippen molar-refractivity contribution < 1.29 is 0 Å². The van der Waals surface area contributed by atoms with Crippen molar-refractivity contribution in [3.05, 3.63) is 51.3 Å². The minimum Gasteiger partial charge on any atom is -0.236 e. The number of halogens is 2. The minimum absolute atomic E-state index is 0.401. The van der Waals surface area contributed by atoms with Gasteiger partial charge in [0.2, 0.25) is 0 Å². The van der Waals surface area contributed by atoms with Gasteiger partial charge in [0.25, 0.3) is 0 Å². The summed E-state index contributed by atoms with van der Waals surface area (Å²) >= 11 is 13.4. The Morgan fingerprint density at radius 2 is 1.83 bits per heavy atom. The van der Waals surface area contributed by atoms with Gasteiger partial charge in [-0.2, -0.15) is 0 Å². The fraction of sp³-hybridized carbons (Fsp3) is 0.0833. The van der Waals surface area contributed by atoms with E-state index in [9.17, 15) is 0 Å². The number of fused-ring (bicyclic) bond motifs is 1. The summed E-state index contributed by atoms with van der Waals surface area (Å²) in [6.07, 6.45) is 2.20. The van der Waals surface area contributed by atoms with Gasteiger partial charge in [-0.25, -0.2) is 15.0 Å². The first kappa shape index (κ1) is 11.8. The molecule has 0 radical (unpaired) electrons. The monoisotopic (exact) mass is 295 g/mol. The van der Waals surface area contributed by atoms with Crippen molar-refractivity contribution in [1.82, 2.24) is 15.0 Å². The lowest BCUT2D eigenvalue weighted by Crippen LogP contribution is -1.86. The zero-order valence-electron chi connectivity index (χ0n) is 9.10. The lowest BCUT2D eigenvalue weighted by molar-refractivity contribution is 1.14. The molecule has 3 nitrogen and oxygen atoms in total. The van der Waals surface area contributed by atoms with Crippen LogP contribution in [0.3, 0.4) is 0 Å². The van der Waals surface area contributed by atoms with Gasteiger partial charge in [-0.1, -0.05) is 46.7 Å². The predicted octanol–water partition coefficient (Wildman–Crippen LogP) is 3.98. The average Bonchev–Trinajstić information content (AvgIpc) is 2.76. The number of benzene rings is 1. The first-order valence-electron chi connectivity index (χ1n) is 5.23. The number of hydrogen-bond acceptors (Lipinski definition) is 4. The van der Waals surface area contributed by atoms with E-state index in [-0.39, 0.29) is 0 Å². The Morgan fingerprint density at radius 3 is 2.56 bits per heavy atom. The highest BCUT2D eigenvalue weighted by Gasteiger charge is 2.09. The second-order valence-corrected chi connectivity index (χ2v) is 5.59. The first-order valence-corrected chi connectivity index (χ1v) is 6.80. The van der Waals surface area contributed by atoms with Crippen LogP contribution in [0.4, 0.5) is 0 Å². The van der Waals surface area contributed by atoms with E-state index in [1.807, 2.05) is 24.3 Å². The van der Waals surface area contributed by atoms with E-state index >= 15 is 0 Å². The Bertz CT molecular complexity index is 694. The Morgan fingerprint density at radius 1 is 1.06 bits per heavy atom.